The predicted octanol–water partition coefficient (Wildman–Crippen LogP) is 1.98. The van der Waals surface area contributed by atoms with Crippen LogP contribution in [0.1, 0.15) is 24.2 Å². The van der Waals surface area contributed by atoms with E-state index in [1.807, 2.05) is 30.3 Å². The molecule has 1 fully saturated rings. The van der Waals surface area contributed by atoms with E-state index in [4.69, 9.17) is 4.74 Å². The maximum Gasteiger partial charge on any atom is 0.176 e. The number of carbonyl (C=O) groups excluding carboxylic acids is 1. The summed E-state index contributed by atoms with van der Waals surface area (Å²) < 4.78 is 5.65. The highest BCUT2D eigenvalue weighted by molar-refractivity contribution is 5.97. The lowest BCUT2D eigenvalue weighted by atomic mass is 10.1. The molecule has 1 aliphatic rings. The molecule has 2 atom stereocenters. The standard InChI is InChI=1S/C14H19NO2/c1-11-8-15(9-12(2)17-11)10-14(16)13-6-4-3-5-7-13/h3-7,11-12H,8-10H2,1-2H3/t11-,12+. The van der Waals surface area contributed by atoms with Gasteiger partial charge < -0.3 is 4.74 Å². The molecular formula is C14H19NO2. The van der Waals surface area contributed by atoms with Gasteiger partial charge in [0.05, 0.1) is 18.8 Å². The van der Waals surface area contributed by atoms with Crippen LogP contribution in [0.4, 0.5) is 0 Å². The van der Waals surface area contributed by atoms with Crippen molar-refractivity contribution in [3.8, 4) is 0 Å². The third-order valence-electron chi connectivity index (χ3n) is 2.96. The molecular weight excluding hydrogens is 214 g/mol. The van der Waals surface area contributed by atoms with E-state index in [0.717, 1.165) is 18.7 Å². The summed E-state index contributed by atoms with van der Waals surface area (Å²) in [6, 6.07) is 9.47. The molecule has 1 aliphatic heterocycles. The molecule has 0 N–H and O–H groups in total. The molecule has 3 nitrogen and oxygen atoms in total. The molecule has 0 amide bonds. The molecule has 3 heteroatoms. The minimum atomic E-state index is 0.187. The number of ketones is 1. The molecule has 0 radical (unpaired) electrons. The van der Waals surface area contributed by atoms with Crippen LogP contribution in [-0.4, -0.2) is 42.5 Å². The van der Waals surface area contributed by atoms with E-state index in [1.165, 1.54) is 0 Å². The van der Waals surface area contributed by atoms with Crippen molar-refractivity contribution in [2.45, 2.75) is 26.1 Å². The second kappa shape index (κ2) is 5.43. The number of ether oxygens (including phenoxy) is 1. The summed E-state index contributed by atoms with van der Waals surface area (Å²) in [5.74, 6) is 0.187. The second-order valence-corrected chi connectivity index (χ2v) is 4.74. The highest BCUT2D eigenvalue weighted by atomic mass is 16.5. The van der Waals surface area contributed by atoms with Crippen LogP contribution in [0, 0.1) is 0 Å². The molecule has 1 saturated heterocycles. The van der Waals surface area contributed by atoms with Crippen molar-refractivity contribution in [3.05, 3.63) is 35.9 Å². The number of rotatable bonds is 3. The summed E-state index contributed by atoms with van der Waals surface area (Å²) in [5, 5.41) is 0. The molecule has 92 valence electrons. The molecule has 1 heterocycles. The van der Waals surface area contributed by atoms with Crippen LogP contribution in [0.15, 0.2) is 30.3 Å². The zero-order valence-corrected chi connectivity index (χ0v) is 10.4. The number of nitrogens with zero attached hydrogens (tertiary/aromatic N) is 1. The lowest BCUT2D eigenvalue weighted by Crippen LogP contribution is -2.47. The quantitative estimate of drug-likeness (QED) is 0.748. The first-order chi connectivity index (χ1) is 8.15. The predicted molar refractivity (Wildman–Crippen MR) is 67.2 cm³/mol. The van der Waals surface area contributed by atoms with Crippen molar-refractivity contribution in [1.82, 2.24) is 4.90 Å². The van der Waals surface area contributed by atoms with Gasteiger partial charge in [-0.15, -0.1) is 0 Å². The highest BCUT2D eigenvalue weighted by Gasteiger charge is 2.23. The SMILES string of the molecule is C[C@@H]1CN(CC(=O)c2ccccc2)C[C@H](C)O1. The molecule has 0 saturated carbocycles. The van der Waals surface area contributed by atoms with Gasteiger partial charge in [0.2, 0.25) is 0 Å². The normalized spacial score (nSPS) is 25.8. The number of morpholine rings is 1. The molecule has 1 aromatic rings. The van der Waals surface area contributed by atoms with Crippen molar-refractivity contribution in [1.29, 1.82) is 0 Å². The van der Waals surface area contributed by atoms with E-state index in [9.17, 15) is 4.79 Å². The summed E-state index contributed by atoms with van der Waals surface area (Å²) in [7, 11) is 0. The van der Waals surface area contributed by atoms with Gasteiger partial charge in [-0.2, -0.15) is 0 Å². The number of hydrogen-bond donors (Lipinski definition) is 0. The number of hydrogen-bond acceptors (Lipinski definition) is 3. The molecule has 17 heavy (non-hydrogen) atoms. The molecule has 0 aliphatic carbocycles. The lowest BCUT2D eigenvalue weighted by molar-refractivity contribution is -0.0652. The fraction of sp³-hybridized carbons (Fsp3) is 0.500. The van der Waals surface area contributed by atoms with Crippen molar-refractivity contribution >= 4 is 5.78 Å². The van der Waals surface area contributed by atoms with Crippen molar-refractivity contribution in [3.63, 3.8) is 0 Å². The summed E-state index contributed by atoms with van der Waals surface area (Å²) in [6.45, 7) is 6.26. The first-order valence-electron chi connectivity index (χ1n) is 6.11. The van der Waals surface area contributed by atoms with Gasteiger partial charge in [0, 0.05) is 18.7 Å². The smallest absolute Gasteiger partial charge is 0.176 e. The van der Waals surface area contributed by atoms with Gasteiger partial charge >= 0.3 is 0 Å². The first kappa shape index (κ1) is 12.3. The van der Waals surface area contributed by atoms with Gasteiger partial charge in [0.15, 0.2) is 5.78 Å². The summed E-state index contributed by atoms with van der Waals surface area (Å²) in [5.41, 5.74) is 0.791. The number of Topliss-reactive ketones (excluding diaryl/α,β-unsaturated/α-hetero) is 1. The van der Waals surface area contributed by atoms with Crippen molar-refractivity contribution in [2.24, 2.45) is 0 Å². The zero-order chi connectivity index (χ0) is 12.3. The van der Waals surface area contributed by atoms with Crippen LogP contribution in [0.25, 0.3) is 0 Å². The van der Waals surface area contributed by atoms with Gasteiger partial charge in [-0.25, -0.2) is 0 Å². The Balaban J connectivity index is 1.95. The van der Waals surface area contributed by atoms with E-state index in [0.29, 0.717) is 6.54 Å². The lowest BCUT2D eigenvalue weighted by Gasteiger charge is -2.34. The largest absolute Gasteiger partial charge is 0.373 e. The summed E-state index contributed by atoms with van der Waals surface area (Å²) in [6.07, 6.45) is 0.421. The highest BCUT2D eigenvalue weighted by Crippen LogP contribution is 2.11. The summed E-state index contributed by atoms with van der Waals surface area (Å²) >= 11 is 0. The number of benzene rings is 1. The van der Waals surface area contributed by atoms with Gasteiger partial charge in [0.1, 0.15) is 0 Å². The Bertz CT molecular complexity index is 367. The van der Waals surface area contributed by atoms with E-state index < -0.39 is 0 Å². The van der Waals surface area contributed by atoms with E-state index >= 15 is 0 Å². The van der Waals surface area contributed by atoms with Crippen LogP contribution in [0.5, 0.6) is 0 Å². The van der Waals surface area contributed by atoms with E-state index in [1.54, 1.807) is 0 Å². The zero-order valence-electron chi connectivity index (χ0n) is 10.4. The van der Waals surface area contributed by atoms with E-state index in [-0.39, 0.29) is 18.0 Å². The maximum atomic E-state index is 12.0. The molecule has 0 bridgehead atoms. The molecule has 0 unspecified atom stereocenters. The Morgan fingerprint density at radius 1 is 1.24 bits per heavy atom. The fourth-order valence-electron chi connectivity index (χ4n) is 2.33. The molecule has 1 aromatic carbocycles. The maximum absolute atomic E-state index is 12.0. The first-order valence-corrected chi connectivity index (χ1v) is 6.11. The average molecular weight is 233 g/mol. The number of carbonyl (C=O) groups is 1. The van der Waals surface area contributed by atoms with Crippen LogP contribution < -0.4 is 0 Å². The van der Waals surface area contributed by atoms with Crippen molar-refractivity contribution in [2.75, 3.05) is 19.6 Å². The van der Waals surface area contributed by atoms with Gasteiger partial charge in [-0.3, -0.25) is 9.69 Å². The van der Waals surface area contributed by atoms with Crippen LogP contribution >= 0.6 is 0 Å². The van der Waals surface area contributed by atoms with Crippen LogP contribution in [-0.2, 0) is 4.74 Å². The third kappa shape index (κ3) is 3.38. The Kier molecular flexibility index (Phi) is 3.92. The Labute approximate surface area is 102 Å². The minimum absolute atomic E-state index is 0.187. The summed E-state index contributed by atoms with van der Waals surface area (Å²) in [4.78, 5) is 14.2. The van der Waals surface area contributed by atoms with Crippen LogP contribution in [0.3, 0.4) is 0 Å². The monoisotopic (exact) mass is 233 g/mol. The fourth-order valence-corrected chi connectivity index (χ4v) is 2.33. The average Bonchev–Trinajstić information content (AvgIpc) is 2.28. The Morgan fingerprint density at radius 2 is 1.82 bits per heavy atom. The molecule has 0 spiro atoms. The van der Waals surface area contributed by atoms with E-state index in [2.05, 4.69) is 18.7 Å². The second-order valence-electron chi connectivity index (χ2n) is 4.74. The van der Waals surface area contributed by atoms with Gasteiger partial charge in [-0.1, -0.05) is 30.3 Å². The molecule has 2 rings (SSSR count). The van der Waals surface area contributed by atoms with Gasteiger partial charge in [-0.05, 0) is 13.8 Å². The third-order valence-corrected chi connectivity index (χ3v) is 2.96. The topological polar surface area (TPSA) is 29.5 Å². The Hall–Kier alpha value is -1.19. The Morgan fingerprint density at radius 3 is 2.41 bits per heavy atom. The van der Waals surface area contributed by atoms with Gasteiger partial charge in [0.25, 0.3) is 0 Å². The van der Waals surface area contributed by atoms with Crippen LogP contribution in [0.2, 0.25) is 0 Å². The molecule has 0 aromatic heterocycles. The van der Waals surface area contributed by atoms with Crippen molar-refractivity contribution < 1.29 is 9.53 Å². The minimum Gasteiger partial charge on any atom is -0.373 e.